The standard InChI is InChI=1S/C22H25IN6O2/c1-13(2)28-22(31)15(11-24)10-17-18(14-4-6-16(23)7-5-14)19-20(25)26-12-27-21(19)29(17)8-3-9-30/h4-7,10,13,27,30H,3,8-9,12H2,1-2H3,(H2,25,26)(H,28,31)/b15-10+. The summed E-state index contributed by atoms with van der Waals surface area (Å²) in [5, 5.41) is 25.2. The normalized spacial score (nSPS) is 13.3. The summed E-state index contributed by atoms with van der Waals surface area (Å²) in [5.74, 6) is 0.723. The highest BCUT2D eigenvalue weighted by Crippen LogP contribution is 2.39. The van der Waals surface area contributed by atoms with Crippen LogP contribution in [0.5, 0.6) is 0 Å². The minimum Gasteiger partial charge on any atom is -0.396 e. The smallest absolute Gasteiger partial charge is 0.262 e. The summed E-state index contributed by atoms with van der Waals surface area (Å²) in [7, 11) is 0. The molecule has 0 saturated heterocycles. The summed E-state index contributed by atoms with van der Waals surface area (Å²) < 4.78 is 3.04. The summed E-state index contributed by atoms with van der Waals surface area (Å²) in [6.45, 7) is 4.51. The Morgan fingerprint density at radius 1 is 1.42 bits per heavy atom. The van der Waals surface area contributed by atoms with Crippen LogP contribution in [0.2, 0.25) is 0 Å². The first kappa shape index (κ1) is 22.8. The molecule has 0 spiro atoms. The highest BCUT2D eigenvalue weighted by molar-refractivity contribution is 14.1. The number of carbonyl (C=O) groups excluding carboxylic acids is 1. The number of hydrogen-bond donors (Lipinski definition) is 4. The van der Waals surface area contributed by atoms with E-state index in [0.717, 1.165) is 26.1 Å². The number of aromatic nitrogens is 1. The van der Waals surface area contributed by atoms with Gasteiger partial charge in [0.1, 0.15) is 30.0 Å². The number of amides is 1. The van der Waals surface area contributed by atoms with Gasteiger partial charge in [-0.2, -0.15) is 5.26 Å². The van der Waals surface area contributed by atoms with E-state index in [1.54, 1.807) is 6.08 Å². The summed E-state index contributed by atoms with van der Waals surface area (Å²) in [4.78, 5) is 16.9. The van der Waals surface area contributed by atoms with E-state index in [2.05, 4.69) is 38.2 Å². The van der Waals surface area contributed by atoms with Crippen molar-refractivity contribution in [2.24, 2.45) is 10.7 Å². The molecular formula is C22H25IN6O2. The topological polar surface area (TPSA) is 128 Å². The third kappa shape index (κ3) is 4.91. The summed E-state index contributed by atoms with van der Waals surface area (Å²) in [6.07, 6.45) is 2.10. The molecule has 1 aromatic carbocycles. The van der Waals surface area contributed by atoms with Gasteiger partial charge >= 0.3 is 0 Å². The van der Waals surface area contributed by atoms with Crippen molar-refractivity contribution >= 4 is 46.2 Å². The number of halogens is 1. The summed E-state index contributed by atoms with van der Waals surface area (Å²) in [6, 6.07) is 9.86. The average molecular weight is 532 g/mol. The molecule has 1 aromatic heterocycles. The second-order valence-electron chi connectivity index (χ2n) is 7.40. The molecule has 5 N–H and O–H groups in total. The molecule has 31 heavy (non-hydrogen) atoms. The van der Waals surface area contributed by atoms with Gasteiger partial charge in [-0.15, -0.1) is 0 Å². The van der Waals surface area contributed by atoms with E-state index in [1.165, 1.54) is 0 Å². The van der Waals surface area contributed by atoms with E-state index >= 15 is 0 Å². The number of anilines is 1. The number of aliphatic hydroxyl groups is 1. The van der Waals surface area contributed by atoms with Crippen LogP contribution in [0.1, 0.15) is 31.5 Å². The van der Waals surface area contributed by atoms with Crippen molar-refractivity contribution in [2.45, 2.75) is 32.9 Å². The maximum absolute atomic E-state index is 12.6. The molecule has 2 aromatic rings. The predicted octanol–water partition coefficient (Wildman–Crippen LogP) is 2.66. The van der Waals surface area contributed by atoms with E-state index in [0.29, 0.717) is 31.2 Å². The molecule has 1 amide bonds. The van der Waals surface area contributed by atoms with Gasteiger partial charge in [0.25, 0.3) is 5.91 Å². The van der Waals surface area contributed by atoms with Crippen LogP contribution in [0.25, 0.3) is 17.2 Å². The largest absolute Gasteiger partial charge is 0.396 e. The number of aliphatic hydroxyl groups excluding tert-OH is 1. The SMILES string of the molecule is CC(C)NC(=O)/C(C#N)=C/c1c(-c2ccc(I)cc2)c2c(n1CCCO)NCN=C2N. The number of aliphatic imine (C=N–C) groups is 1. The lowest BCUT2D eigenvalue weighted by Gasteiger charge is -2.17. The van der Waals surface area contributed by atoms with E-state index in [-0.39, 0.29) is 18.2 Å². The molecule has 0 aliphatic carbocycles. The molecule has 0 fully saturated rings. The second-order valence-corrected chi connectivity index (χ2v) is 8.64. The van der Waals surface area contributed by atoms with Crippen molar-refractivity contribution in [3.05, 3.63) is 44.7 Å². The van der Waals surface area contributed by atoms with Gasteiger partial charge in [-0.05, 0) is 66.6 Å². The van der Waals surface area contributed by atoms with Gasteiger partial charge in [0.2, 0.25) is 0 Å². The molecule has 0 bridgehead atoms. The number of nitriles is 1. The lowest BCUT2D eigenvalue weighted by molar-refractivity contribution is -0.117. The van der Waals surface area contributed by atoms with Crippen LogP contribution in [0, 0.1) is 14.9 Å². The van der Waals surface area contributed by atoms with Crippen LogP contribution in [-0.2, 0) is 11.3 Å². The zero-order chi connectivity index (χ0) is 22.5. The van der Waals surface area contributed by atoms with Crippen LogP contribution >= 0.6 is 22.6 Å². The Hall–Kier alpha value is -2.84. The van der Waals surface area contributed by atoms with Crippen LogP contribution in [0.3, 0.4) is 0 Å². The highest BCUT2D eigenvalue weighted by Gasteiger charge is 2.27. The monoisotopic (exact) mass is 532 g/mol. The third-order valence-electron chi connectivity index (χ3n) is 4.79. The van der Waals surface area contributed by atoms with Crippen LogP contribution < -0.4 is 16.4 Å². The van der Waals surface area contributed by atoms with Crippen LogP contribution in [-0.4, -0.2) is 40.7 Å². The second kappa shape index (κ2) is 9.98. The summed E-state index contributed by atoms with van der Waals surface area (Å²) >= 11 is 2.24. The highest BCUT2D eigenvalue weighted by atomic mass is 127. The number of nitrogens with zero attached hydrogens (tertiary/aromatic N) is 3. The molecule has 1 aliphatic rings. The minimum absolute atomic E-state index is 0.00364. The Balaban J connectivity index is 2.30. The fourth-order valence-electron chi connectivity index (χ4n) is 3.49. The Kier molecular flexibility index (Phi) is 7.35. The number of benzene rings is 1. The molecule has 0 radical (unpaired) electrons. The van der Waals surface area contributed by atoms with Crippen molar-refractivity contribution in [1.29, 1.82) is 5.26 Å². The van der Waals surface area contributed by atoms with Crippen LogP contribution in [0.4, 0.5) is 5.82 Å². The van der Waals surface area contributed by atoms with E-state index in [1.807, 2.05) is 48.7 Å². The van der Waals surface area contributed by atoms with Gasteiger partial charge in [0, 0.05) is 28.3 Å². The molecule has 3 rings (SSSR count). The van der Waals surface area contributed by atoms with Gasteiger partial charge in [-0.25, -0.2) is 4.99 Å². The van der Waals surface area contributed by atoms with Gasteiger partial charge < -0.3 is 26.0 Å². The maximum atomic E-state index is 12.6. The Morgan fingerprint density at radius 3 is 2.74 bits per heavy atom. The molecule has 0 unspecified atom stereocenters. The number of nitrogens with one attached hydrogen (secondary N) is 2. The Bertz CT molecular complexity index is 1080. The molecule has 162 valence electrons. The first-order chi connectivity index (χ1) is 14.9. The molecule has 0 saturated carbocycles. The zero-order valence-electron chi connectivity index (χ0n) is 17.4. The quantitative estimate of drug-likeness (QED) is 0.248. The number of rotatable bonds is 7. The fourth-order valence-corrected chi connectivity index (χ4v) is 3.85. The number of nitrogens with two attached hydrogens (primary N) is 1. The van der Waals surface area contributed by atoms with Crippen molar-refractivity contribution in [2.75, 3.05) is 18.6 Å². The number of amidine groups is 1. The van der Waals surface area contributed by atoms with Gasteiger partial charge in [-0.3, -0.25) is 4.79 Å². The van der Waals surface area contributed by atoms with E-state index < -0.39 is 5.91 Å². The Labute approximate surface area is 195 Å². The number of carbonyl (C=O) groups is 1. The lowest BCUT2D eigenvalue weighted by atomic mass is 9.99. The van der Waals surface area contributed by atoms with Crippen LogP contribution in [0.15, 0.2) is 34.8 Å². The first-order valence-electron chi connectivity index (χ1n) is 9.97. The zero-order valence-corrected chi connectivity index (χ0v) is 19.6. The molecule has 9 heteroatoms. The molecule has 1 aliphatic heterocycles. The lowest BCUT2D eigenvalue weighted by Crippen LogP contribution is -2.31. The molecule has 8 nitrogen and oxygen atoms in total. The van der Waals surface area contributed by atoms with Crippen molar-refractivity contribution in [1.82, 2.24) is 9.88 Å². The van der Waals surface area contributed by atoms with Crippen molar-refractivity contribution in [3.8, 4) is 17.2 Å². The number of hydrogen-bond acceptors (Lipinski definition) is 6. The first-order valence-corrected chi connectivity index (χ1v) is 11.0. The number of fused-ring (bicyclic) bond motifs is 1. The minimum atomic E-state index is -0.437. The van der Waals surface area contributed by atoms with E-state index in [4.69, 9.17) is 5.73 Å². The summed E-state index contributed by atoms with van der Waals surface area (Å²) in [5.41, 5.74) is 9.39. The van der Waals surface area contributed by atoms with Crippen molar-refractivity contribution in [3.63, 3.8) is 0 Å². The van der Waals surface area contributed by atoms with Gasteiger partial charge in [0.05, 0.1) is 11.3 Å². The maximum Gasteiger partial charge on any atom is 0.262 e. The fraction of sp³-hybridized carbons (Fsp3) is 0.318. The molecular weight excluding hydrogens is 507 g/mol. The average Bonchev–Trinajstić information content (AvgIpc) is 3.04. The van der Waals surface area contributed by atoms with Gasteiger partial charge in [0.15, 0.2) is 0 Å². The van der Waals surface area contributed by atoms with E-state index in [9.17, 15) is 15.2 Å². The van der Waals surface area contributed by atoms with Crippen molar-refractivity contribution < 1.29 is 9.90 Å². The third-order valence-corrected chi connectivity index (χ3v) is 5.51. The Morgan fingerprint density at radius 2 is 2.13 bits per heavy atom. The molecule has 0 atom stereocenters. The van der Waals surface area contributed by atoms with Gasteiger partial charge in [-0.1, -0.05) is 12.1 Å². The predicted molar refractivity (Wildman–Crippen MR) is 130 cm³/mol. The molecule has 2 heterocycles.